The Balaban J connectivity index is 1.72. The lowest BCUT2D eigenvalue weighted by Gasteiger charge is -2.09. The van der Waals surface area contributed by atoms with Crippen LogP contribution in [0.15, 0.2) is 42.5 Å². The minimum atomic E-state index is -2.84. The number of benzene rings is 2. The van der Waals surface area contributed by atoms with Crippen LogP contribution < -0.4 is 10.1 Å². The maximum Gasteiger partial charge on any atom is 0.284 e. The molecular formula is C18H13F4N3O2. The highest BCUT2D eigenvalue weighted by Crippen LogP contribution is 2.28. The number of ether oxygens (including phenoxy) is 1. The molecule has 1 amide bonds. The van der Waals surface area contributed by atoms with Gasteiger partial charge in [-0.3, -0.25) is 9.89 Å². The second-order valence-electron chi connectivity index (χ2n) is 5.57. The van der Waals surface area contributed by atoms with Crippen LogP contribution in [0.2, 0.25) is 0 Å². The maximum atomic E-state index is 13.2. The summed E-state index contributed by atoms with van der Waals surface area (Å²) in [7, 11) is 0. The van der Waals surface area contributed by atoms with E-state index in [0.717, 1.165) is 12.1 Å². The highest BCUT2D eigenvalue weighted by molar-refractivity contribution is 6.04. The summed E-state index contributed by atoms with van der Waals surface area (Å²) in [4.78, 5) is 12.3. The lowest BCUT2D eigenvalue weighted by molar-refractivity contribution is 0.102. The molecule has 27 heavy (non-hydrogen) atoms. The summed E-state index contributed by atoms with van der Waals surface area (Å²) < 4.78 is 57.3. The average Bonchev–Trinajstić information content (AvgIpc) is 2.99. The SMILES string of the molecule is Cc1[nH]nc(C(F)F)c1NC(=O)c1ccc(Oc2ccc(F)c(F)c2)cc1. The van der Waals surface area contributed by atoms with Crippen molar-refractivity contribution in [2.24, 2.45) is 0 Å². The Morgan fingerprint density at radius 2 is 1.74 bits per heavy atom. The van der Waals surface area contributed by atoms with Gasteiger partial charge in [-0.15, -0.1) is 0 Å². The van der Waals surface area contributed by atoms with E-state index < -0.39 is 29.7 Å². The molecule has 0 bridgehead atoms. The number of aromatic amines is 1. The third-order valence-corrected chi connectivity index (χ3v) is 3.66. The molecule has 0 spiro atoms. The summed E-state index contributed by atoms with van der Waals surface area (Å²) in [5.41, 5.74) is -0.123. The Morgan fingerprint density at radius 3 is 2.37 bits per heavy atom. The second-order valence-corrected chi connectivity index (χ2v) is 5.57. The van der Waals surface area contributed by atoms with Crippen LogP contribution in [0.5, 0.6) is 11.5 Å². The highest BCUT2D eigenvalue weighted by Gasteiger charge is 2.21. The number of anilines is 1. The summed E-state index contributed by atoms with van der Waals surface area (Å²) in [5.74, 6) is -2.28. The molecular weight excluding hydrogens is 366 g/mol. The summed E-state index contributed by atoms with van der Waals surface area (Å²) in [6, 6.07) is 8.76. The van der Waals surface area contributed by atoms with Crippen LogP contribution >= 0.6 is 0 Å². The molecule has 2 aromatic carbocycles. The van der Waals surface area contributed by atoms with Crippen LogP contribution in [-0.4, -0.2) is 16.1 Å². The Labute approximate surface area is 151 Å². The molecule has 0 saturated carbocycles. The number of aromatic nitrogens is 2. The largest absolute Gasteiger partial charge is 0.457 e. The molecule has 3 aromatic rings. The first kappa shape index (κ1) is 18.4. The lowest BCUT2D eigenvalue weighted by Crippen LogP contribution is -2.13. The molecule has 140 valence electrons. The van der Waals surface area contributed by atoms with E-state index in [9.17, 15) is 22.4 Å². The molecule has 5 nitrogen and oxygen atoms in total. The Bertz CT molecular complexity index is 971. The van der Waals surface area contributed by atoms with Crippen molar-refractivity contribution in [2.75, 3.05) is 5.32 Å². The van der Waals surface area contributed by atoms with E-state index in [0.29, 0.717) is 5.69 Å². The van der Waals surface area contributed by atoms with Crippen LogP contribution in [0, 0.1) is 18.6 Å². The van der Waals surface area contributed by atoms with Crippen molar-refractivity contribution >= 4 is 11.6 Å². The maximum absolute atomic E-state index is 13.2. The van der Waals surface area contributed by atoms with Gasteiger partial charge in [0.05, 0.1) is 11.4 Å². The second kappa shape index (κ2) is 7.48. The zero-order chi connectivity index (χ0) is 19.6. The normalized spacial score (nSPS) is 10.9. The van der Waals surface area contributed by atoms with Crippen molar-refractivity contribution in [2.45, 2.75) is 13.3 Å². The summed E-state index contributed by atoms with van der Waals surface area (Å²) >= 11 is 0. The number of rotatable bonds is 5. The van der Waals surface area contributed by atoms with E-state index >= 15 is 0 Å². The predicted molar refractivity (Wildman–Crippen MR) is 89.1 cm³/mol. The molecule has 1 aromatic heterocycles. The number of nitrogens with one attached hydrogen (secondary N) is 2. The van der Waals surface area contributed by atoms with Gasteiger partial charge in [-0.25, -0.2) is 17.6 Å². The van der Waals surface area contributed by atoms with E-state index in [4.69, 9.17) is 4.74 Å². The van der Waals surface area contributed by atoms with Gasteiger partial charge in [-0.1, -0.05) is 0 Å². The van der Waals surface area contributed by atoms with Gasteiger partial charge in [-0.2, -0.15) is 5.10 Å². The van der Waals surface area contributed by atoms with Crippen molar-refractivity contribution in [3.05, 3.63) is 71.1 Å². The van der Waals surface area contributed by atoms with Crippen molar-refractivity contribution < 1.29 is 27.1 Å². The first-order valence-electron chi connectivity index (χ1n) is 7.72. The Morgan fingerprint density at radius 1 is 1.07 bits per heavy atom. The number of nitrogens with zero attached hydrogens (tertiary/aromatic N) is 1. The molecule has 0 radical (unpaired) electrons. The number of aryl methyl sites for hydroxylation is 1. The van der Waals surface area contributed by atoms with E-state index in [1.165, 1.54) is 37.3 Å². The number of hydrogen-bond donors (Lipinski definition) is 2. The molecule has 0 saturated heterocycles. The van der Waals surface area contributed by atoms with Crippen LogP contribution in [0.3, 0.4) is 0 Å². The van der Waals surface area contributed by atoms with Gasteiger partial charge in [0.2, 0.25) is 0 Å². The molecule has 0 aliphatic heterocycles. The first-order chi connectivity index (χ1) is 12.8. The van der Waals surface area contributed by atoms with Gasteiger partial charge >= 0.3 is 0 Å². The number of H-pyrrole nitrogens is 1. The molecule has 0 atom stereocenters. The molecule has 0 unspecified atom stereocenters. The first-order valence-corrected chi connectivity index (χ1v) is 7.72. The third-order valence-electron chi connectivity index (χ3n) is 3.66. The molecule has 1 heterocycles. The number of hydrogen-bond acceptors (Lipinski definition) is 3. The van der Waals surface area contributed by atoms with E-state index in [-0.39, 0.29) is 22.7 Å². The van der Waals surface area contributed by atoms with Crippen molar-refractivity contribution in [1.82, 2.24) is 10.2 Å². The quantitative estimate of drug-likeness (QED) is 0.615. The van der Waals surface area contributed by atoms with Gasteiger partial charge in [-0.05, 0) is 43.3 Å². The number of carbonyl (C=O) groups excluding carboxylic acids is 1. The van der Waals surface area contributed by atoms with Gasteiger partial charge < -0.3 is 10.1 Å². The number of halogens is 4. The van der Waals surface area contributed by atoms with E-state index in [1.807, 2.05) is 0 Å². The lowest BCUT2D eigenvalue weighted by atomic mass is 10.2. The fourth-order valence-corrected chi connectivity index (χ4v) is 2.30. The molecule has 3 rings (SSSR count). The van der Waals surface area contributed by atoms with Crippen molar-refractivity contribution in [3.63, 3.8) is 0 Å². The molecule has 9 heteroatoms. The molecule has 0 fully saturated rings. The number of carbonyl (C=O) groups is 1. The zero-order valence-electron chi connectivity index (χ0n) is 13.9. The molecule has 0 aliphatic carbocycles. The van der Waals surface area contributed by atoms with Crippen molar-refractivity contribution in [1.29, 1.82) is 0 Å². The minimum Gasteiger partial charge on any atom is -0.457 e. The summed E-state index contributed by atoms with van der Waals surface area (Å²) in [6.07, 6.45) is -2.84. The smallest absolute Gasteiger partial charge is 0.284 e. The van der Waals surface area contributed by atoms with Gasteiger partial charge in [0.15, 0.2) is 17.3 Å². The summed E-state index contributed by atoms with van der Waals surface area (Å²) in [5, 5.41) is 8.26. The minimum absolute atomic E-state index is 0.0721. The zero-order valence-corrected chi connectivity index (χ0v) is 13.9. The van der Waals surface area contributed by atoms with Crippen LogP contribution in [0.25, 0.3) is 0 Å². The van der Waals surface area contributed by atoms with E-state index in [1.54, 1.807) is 0 Å². The molecule has 2 N–H and O–H groups in total. The molecule has 0 aliphatic rings. The number of alkyl halides is 2. The van der Waals surface area contributed by atoms with E-state index in [2.05, 4.69) is 15.5 Å². The standard InChI is InChI=1S/C18H13F4N3O2/c1-9-15(16(17(21)22)25-24-9)23-18(26)10-2-4-11(5-3-10)27-12-6-7-13(19)14(20)8-12/h2-8,17H,1H3,(H,23,26)(H,24,25). The van der Waals surface area contributed by atoms with Gasteiger partial charge in [0.25, 0.3) is 12.3 Å². The highest BCUT2D eigenvalue weighted by atomic mass is 19.3. The van der Waals surface area contributed by atoms with Crippen LogP contribution in [-0.2, 0) is 0 Å². The predicted octanol–water partition coefficient (Wildman–Crippen LogP) is 4.98. The fourth-order valence-electron chi connectivity index (χ4n) is 2.30. The van der Waals surface area contributed by atoms with Gasteiger partial charge in [0.1, 0.15) is 11.5 Å². The fraction of sp³-hybridized carbons (Fsp3) is 0.111. The van der Waals surface area contributed by atoms with Crippen molar-refractivity contribution in [3.8, 4) is 11.5 Å². The summed E-state index contributed by atoms with van der Waals surface area (Å²) in [6.45, 7) is 1.51. The third kappa shape index (κ3) is 4.08. The number of amides is 1. The topological polar surface area (TPSA) is 67.0 Å². The van der Waals surface area contributed by atoms with Crippen LogP contribution in [0.4, 0.5) is 23.2 Å². The van der Waals surface area contributed by atoms with Crippen LogP contribution in [0.1, 0.15) is 28.2 Å². The average molecular weight is 379 g/mol. The Kier molecular flexibility index (Phi) is 5.11. The monoisotopic (exact) mass is 379 g/mol. The van der Waals surface area contributed by atoms with Gasteiger partial charge in [0, 0.05) is 11.6 Å². The Hall–Kier alpha value is -3.36.